The molecule has 0 spiro atoms. The third-order valence-electron chi connectivity index (χ3n) is 2.80. The summed E-state index contributed by atoms with van der Waals surface area (Å²) in [6.07, 6.45) is 1.16. The summed E-state index contributed by atoms with van der Waals surface area (Å²) in [5, 5.41) is 6.53. The second-order valence-corrected chi connectivity index (χ2v) is 5.01. The van der Waals surface area contributed by atoms with Crippen LogP contribution in [0.25, 0.3) is 0 Å². The number of ether oxygens (including phenoxy) is 2. The molecule has 5 heteroatoms. The van der Waals surface area contributed by atoms with E-state index < -0.39 is 0 Å². The second kappa shape index (κ2) is 10.0. The van der Waals surface area contributed by atoms with E-state index in [1.165, 1.54) is 5.56 Å². The number of nitrogens with zero attached hydrogens (tertiary/aromatic N) is 1. The van der Waals surface area contributed by atoms with Gasteiger partial charge in [0.2, 0.25) is 0 Å². The highest BCUT2D eigenvalue weighted by Gasteiger charge is 2.00. The molecule has 0 saturated heterocycles. The second-order valence-electron chi connectivity index (χ2n) is 5.01. The van der Waals surface area contributed by atoms with Crippen molar-refractivity contribution in [2.24, 2.45) is 4.99 Å². The third kappa shape index (κ3) is 7.56. The fraction of sp³-hybridized carbons (Fsp3) is 0.562. The predicted octanol–water partition coefficient (Wildman–Crippen LogP) is 2.18. The molecule has 0 atom stereocenters. The monoisotopic (exact) mass is 293 g/mol. The van der Waals surface area contributed by atoms with E-state index in [9.17, 15) is 0 Å². The molecule has 21 heavy (non-hydrogen) atoms. The van der Waals surface area contributed by atoms with Crippen molar-refractivity contribution in [1.29, 1.82) is 0 Å². The van der Waals surface area contributed by atoms with Gasteiger partial charge in [0, 0.05) is 33.9 Å². The molecule has 118 valence electrons. The molecule has 0 aliphatic carbocycles. The fourth-order valence-electron chi connectivity index (χ4n) is 1.79. The van der Waals surface area contributed by atoms with Crippen LogP contribution in [0.4, 0.5) is 0 Å². The van der Waals surface area contributed by atoms with Crippen LogP contribution in [0.2, 0.25) is 0 Å². The Kier molecular flexibility index (Phi) is 8.28. The van der Waals surface area contributed by atoms with Gasteiger partial charge in [0.15, 0.2) is 5.96 Å². The molecule has 1 aromatic rings. The number of hydrogen-bond donors (Lipinski definition) is 2. The van der Waals surface area contributed by atoms with E-state index in [4.69, 9.17) is 9.47 Å². The van der Waals surface area contributed by atoms with Gasteiger partial charge in [-0.3, -0.25) is 4.99 Å². The first-order chi connectivity index (χ1) is 10.2. The predicted molar refractivity (Wildman–Crippen MR) is 86.9 cm³/mol. The topological polar surface area (TPSA) is 54.9 Å². The zero-order valence-corrected chi connectivity index (χ0v) is 13.5. The van der Waals surface area contributed by atoms with Crippen molar-refractivity contribution in [2.75, 3.05) is 27.3 Å². The zero-order valence-electron chi connectivity index (χ0n) is 13.5. The minimum Gasteiger partial charge on any atom is -0.491 e. The number of hydrogen-bond acceptors (Lipinski definition) is 3. The van der Waals surface area contributed by atoms with E-state index in [2.05, 4.69) is 27.8 Å². The van der Waals surface area contributed by atoms with Crippen LogP contribution in [0, 0.1) is 0 Å². The van der Waals surface area contributed by atoms with Crippen LogP contribution >= 0.6 is 0 Å². The van der Waals surface area contributed by atoms with Gasteiger partial charge in [-0.15, -0.1) is 0 Å². The summed E-state index contributed by atoms with van der Waals surface area (Å²) >= 11 is 0. The lowest BCUT2D eigenvalue weighted by atomic mass is 10.2. The molecule has 0 radical (unpaired) electrons. The average Bonchev–Trinajstić information content (AvgIpc) is 2.47. The van der Waals surface area contributed by atoms with Crippen LogP contribution in [0.3, 0.4) is 0 Å². The Morgan fingerprint density at radius 2 is 1.90 bits per heavy atom. The summed E-state index contributed by atoms with van der Waals surface area (Å²) in [5.41, 5.74) is 1.19. The molecule has 5 nitrogen and oxygen atoms in total. The quantitative estimate of drug-likeness (QED) is 0.438. The zero-order chi connectivity index (χ0) is 15.5. The summed E-state index contributed by atoms with van der Waals surface area (Å²) in [5.74, 6) is 1.70. The molecule has 1 rings (SSSR count). The SMILES string of the molecule is CN=C(NCCCOC)NCc1ccc(OC(C)C)cc1. The number of nitrogens with one attached hydrogen (secondary N) is 2. The molecular weight excluding hydrogens is 266 g/mol. The number of aliphatic imine (C=N–C) groups is 1. The maximum absolute atomic E-state index is 5.62. The van der Waals surface area contributed by atoms with Crippen molar-refractivity contribution >= 4 is 5.96 Å². The lowest BCUT2D eigenvalue weighted by Crippen LogP contribution is -2.37. The summed E-state index contributed by atoms with van der Waals surface area (Å²) in [4.78, 5) is 4.19. The standard InChI is InChI=1S/C16H27N3O2/c1-13(2)21-15-8-6-14(7-9-15)12-19-16(17-3)18-10-5-11-20-4/h6-9,13H,5,10-12H2,1-4H3,(H2,17,18,19). The van der Waals surface area contributed by atoms with Gasteiger partial charge in [-0.05, 0) is 38.0 Å². The number of benzene rings is 1. The number of rotatable bonds is 8. The van der Waals surface area contributed by atoms with E-state index in [1.54, 1.807) is 14.2 Å². The molecular formula is C16H27N3O2. The lowest BCUT2D eigenvalue weighted by Gasteiger charge is -2.13. The highest BCUT2D eigenvalue weighted by atomic mass is 16.5. The first kappa shape index (κ1) is 17.3. The van der Waals surface area contributed by atoms with Crippen LogP contribution in [0.1, 0.15) is 25.8 Å². The Morgan fingerprint density at radius 3 is 2.48 bits per heavy atom. The Labute approximate surface area is 127 Å². The largest absolute Gasteiger partial charge is 0.491 e. The third-order valence-corrected chi connectivity index (χ3v) is 2.80. The van der Waals surface area contributed by atoms with Crippen molar-refractivity contribution in [3.8, 4) is 5.75 Å². The number of methoxy groups -OCH3 is 1. The van der Waals surface area contributed by atoms with E-state index in [-0.39, 0.29) is 6.10 Å². The summed E-state index contributed by atoms with van der Waals surface area (Å²) < 4.78 is 10.6. The summed E-state index contributed by atoms with van der Waals surface area (Å²) in [6.45, 7) is 6.37. The van der Waals surface area contributed by atoms with Crippen molar-refractivity contribution in [2.45, 2.75) is 32.9 Å². The molecule has 1 aromatic carbocycles. The highest BCUT2D eigenvalue weighted by molar-refractivity contribution is 5.79. The van der Waals surface area contributed by atoms with E-state index in [0.29, 0.717) is 0 Å². The first-order valence-electron chi connectivity index (χ1n) is 7.34. The Hall–Kier alpha value is -1.75. The molecule has 0 unspecified atom stereocenters. The Balaban J connectivity index is 2.35. The van der Waals surface area contributed by atoms with Crippen LogP contribution < -0.4 is 15.4 Å². The van der Waals surface area contributed by atoms with Crippen LogP contribution in [0.5, 0.6) is 5.75 Å². The molecule has 0 aromatic heterocycles. The molecule has 0 fully saturated rings. The van der Waals surface area contributed by atoms with Gasteiger partial charge in [0.25, 0.3) is 0 Å². The van der Waals surface area contributed by atoms with Gasteiger partial charge >= 0.3 is 0 Å². The molecule has 0 bridgehead atoms. The first-order valence-corrected chi connectivity index (χ1v) is 7.34. The van der Waals surface area contributed by atoms with Crippen molar-refractivity contribution in [1.82, 2.24) is 10.6 Å². The van der Waals surface area contributed by atoms with Crippen molar-refractivity contribution in [3.05, 3.63) is 29.8 Å². The lowest BCUT2D eigenvalue weighted by molar-refractivity contribution is 0.195. The Morgan fingerprint density at radius 1 is 1.19 bits per heavy atom. The van der Waals surface area contributed by atoms with Gasteiger partial charge in [-0.25, -0.2) is 0 Å². The molecule has 0 aliphatic heterocycles. The minimum absolute atomic E-state index is 0.198. The van der Waals surface area contributed by atoms with E-state index >= 15 is 0 Å². The Bertz CT molecular complexity index is 416. The van der Waals surface area contributed by atoms with Crippen LogP contribution in [0.15, 0.2) is 29.3 Å². The van der Waals surface area contributed by atoms with Crippen LogP contribution in [-0.2, 0) is 11.3 Å². The smallest absolute Gasteiger partial charge is 0.191 e. The molecule has 0 amide bonds. The highest BCUT2D eigenvalue weighted by Crippen LogP contribution is 2.13. The van der Waals surface area contributed by atoms with Crippen LogP contribution in [-0.4, -0.2) is 39.4 Å². The molecule has 0 saturated carbocycles. The van der Waals surface area contributed by atoms with Gasteiger partial charge in [0.1, 0.15) is 5.75 Å². The van der Waals surface area contributed by atoms with Gasteiger partial charge in [0.05, 0.1) is 6.10 Å². The van der Waals surface area contributed by atoms with E-state index in [0.717, 1.165) is 37.8 Å². The van der Waals surface area contributed by atoms with E-state index in [1.807, 2.05) is 26.0 Å². The number of guanidine groups is 1. The van der Waals surface area contributed by atoms with Crippen molar-refractivity contribution < 1.29 is 9.47 Å². The summed E-state index contributed by atoms with van der Waals surface area (Å²) in [6, 6.07) is 8.10. The summed E-state index contributed by atoms with van der Waals surface area (Å²) in [7, 11) is 3.48. The maximum Gasteiger partial charge on any atom is 0.191 e. The minimum atomic E-state index is 0.198. The molecule has 2 N–H and O–H groups in total. The molecule has 0 aliphatic rings. The van der Waals surface area contributed by atoms with Gasteiger partial charge in [-0.2, -0.15) is 0 Å². The molecule has 0 heterocycles. The average molecular weight is 293 g/mol. The van der Waals surface area contributed by atoms with Gasteiger partial charge < -0.3 is 20.1 Å². The van der Waals surface area contributed by atoms with Gasteiger partial charge in [-0.1, -0.05) is 12.1 Å². The maximum atomic E-state index is 5.62. The van der Waals surface area contributed by atoms with Crippen molar-refractivity contribution in [3.63, 3.8) is 0 Å². The fourth-order valence-corrected chi connectivity index (χ4v) is 1.79. The normalized spacial score (nSPS) is 11.6.